The van der Waals surface area contributed by atoms with Crippen LogP contribution in [-0.2, 0) is 14.4 Å². The first-order valence-corrected chi connectivity index (χ1v) is 14.3. The molecule has 9 heteroatoms. The van der Waals surface area contributed by atoms with Gasteiger partial charge in [0.25, 0.3) is 11.8 Å². The highest BCUT2D eigenvalue weighted by Gasteiger charge is 2.35. The number of aliphatic imine (C=N–C) groups is 1. The van der Waals surface area contributed by atoms with Gasteiger partial charge in [0, 0.05) is 5.70 Å². The second-order valence-corrected chi connectivity index (χ2v) is 10.2. The highest BCUT2D eigenvalue weighted by molar-refractivity contribution is 8.14. The standard InChI is InChI=1S/C34H29N3O5S/c1-3-5-16-27(4-2)37-32(40)28(21-23-17-19-26(20-18-23)33(41)42)31(39)36-34(37)43-22-29(38)35-30(24-12-8-6-9-13-24)25-14-10-7-11-15-25/h3-21,30H,1,22H2,2H3,(H,35,38)(H,41,42)/b16-5-,27-4+,28-21+. The van der Waals surface area contributed by atoms with Crippen LogP contribution in [0.1, 0.15) is 40.0 Å². The molecule has 0 saturated heterocycles. The first-order valence-electron chi connectivity index (χ1n) is 13.3. The highest BCUT2D eigenvalue weighted by atomic mass is 32.2. The summed E-state index contributed by atoms with van der Waals surface area (Å²) in [6.45, 7) is 5.41. The number of benzene rings is 3. The number of amidine groups is 1. The Kier molecular flexibility index (Phi) is 10.4. The molecule has 4 rings (SSSR count). The van der Waals surface area contributed by atoms with Gasteiger partial charge in [-0.25, -0.2) is 4.79 Å². The second-order valence-electron chi connectivity index (χ2n) is 9.24. The fraction of sp³-hybridized carbons (Fsp3) is 0.0882. The van der Waals surface area contributed by atoms with Crippen molar-refractivity contribution in [1.82, 2.24) is 10.2 Å². The number of hydrogen-bond donors (Lipinski definition) is 2. The fourth-order valence-corrected chi connectivity index (χ4v) is 5.09. The Balaban J connectivity index is 1.61. The number of amides is 3. The molecule has 216 valence electrons. The van der Waals surface area contributed by atoms with Gasteiger partial charge in [0.2, 0.25) is 5.91 Å². The minimum absolute atomic E-state index is 0.0568. The number of carboxylic acid groups (broad SMARTS) is 1. The Bertz CT molecular complexity index is 1600. The lowest BCUT2D eigenvalue weighted by Gasteiger charge is -2.28. The zero-order chi connectivity index (χ0) is 30.8. The average molecular weight is 592 g/mol. The monoisotopic (exact) mass is 591 g/mol. The largest absolute Gasteiger partial charge is 0.478 e. The Labute approximate surface area is 253 Å². The molecule has 3 aromatic carbocycles. The summed E-state index contributed by atoms with van der Waals surface area (Å²) in [7, 11) is 0. The molecule has 2 N–H and O–H groups in total. The first-order chi connectivity index (χ1) is 20.8. The van der Waals surface area contributed by atoms with Gasteiger partial charge in [-0.15, -0.1) is 0 Å². The molecular formula is C34H29N3O5S. The van der Waals surface area contributed by atoms with Crippen molar-refractivity contribution in [3.05, 3.63) is 149 Å². The van der Waals surface area contributed by atoms with Crippen LogP contribution < -0.4 is 5.32 Å². The summed E-state index contributed by atoms with van der Waals surface area (Å²) in [6, 6.07) is 24.5. The third kappa shape index (κ3) is 7.72. The molecule has 0 unspecified atom stereocenters. The molecule has 0 spiro atoms. The van der Waals surface area contributed by atoms with Crippen LogP contribution in [0.15, 0.2) is 132 Å². The number of carbonyl (C=O) groups excluding carboxylic acids is 3. The minimum Gasteiger partial charge on any atom is -0.478 e. The summed E-state index contributed by atoms with van der Waals surface area (Å²) in [5.41, 5.74) is 2.59. The van der Waals surface area contributed by atoms with Crippen molar-refractivity contribution in [2.24, 2.45) is 4.99 Å². The third-order valence-electron chi connectivity index (χ3n) is 6.38. The molecule has 0 bridgehead atoms. The van der Waals surface area contributed by atoms with E-state index < -0.39 is 23.8 Å². The molecule has 3 aromatic rings. The van der Waals surface area contributed by atoms with Crippen LogP contribution >= 0.6 is 11.8 Å². The Morgan fingerprint density at radius 2 is 1.58 bits per heavy atom. The molecule has 43 heavy (non-hydrogen) atoms. The zero-order valence-electron chi connectivity index (χ0n) is 23.3. The maximum Gasteiger partial charge on any atom is 0.335 e. The smallest absolute Gasteiger partial charge is 0.335 e. The van der Waals surface area contributed by atoms with Crippen LogP contribution in [0.5, 0.6) is 0 Å². The number of rotatable bonds is 10. The van der Waals surface area contributed by atoms with Gasteiger partial charge >= 0.3 is 5.97 Å². The maximum atomic E-state index is 13.7. The molecule has 0 saturated carbocycles. The predicted octanol–water partition coefficient (Wildman–Crippen LogP) is 5.78. The average Bonchev–Trinajstić information content (AvgIpc) is 3.03. The van der Waals surface area contributed by atoms with E-state index in [0.29, 0.717) is 11.3 Å². The topological polar surface area (TPSA) is 116 Å². The van der Waals surface area contributed by atoms with Gasteiger partial charge in [-0.05, 0) is 47.9 Å². The van der Waals surface area contributed by atoms with Crippen molar-refractivity contribution in [3.63, 3.8) is 0 Å². The van der Waals surface area contributed by atoms with Crippen LogP contribution in [-0.4, -0.2) is 44.6 Å². The van der Waals surface area contributed by atoms with Crippen LogP contribution in [0.3, 0.4) is 0 Å². The predicted molar refractivity (Wildman–Crippen MR) is 169 cm³/mol. The van der Waals surface area contributed by atoms with E-state index in [0.717, 1.165) is 22.9 Å². The molecule has 0 aliphatic carbocycles. The SMILES string of the molecule is C=C/C=C\C(=C/C)N1C(=O)/C(=C/c2ccc(C(=O)O)cc2)C(=O)N=C1SCC(=O)NC(c1ccccc1)c1ccccc1. The van der Waals surface area contributed by atoms with E-state index in [-0.39, 0.29) is 28.0 Å². The highest BCUT2D eigenvalue weighted by Crippen LogP contribution is 2.27. The Hall–Kier alpha value is -5.28. The van der Waals surface area contributed by atoms with E-state index in [2.05, 4.69) is 16.9 Å². The van der Waals surface area contributed by atoms with E-state index in [9.17, 15) is 19.2 Å². The van der Waals surface area contributed by atoms with Gasteiger partial charge in [-0.1, -0.05) is 109 Å². The summed E-state index contributed by atoms with van der Waals surface area (Å²) >= 11 is 0.973. The lowest BCUT2D eigenvalue weighted by molar-refractivity contribution is -0.126. The molecule has 0 aromatic heterocycles. The summed E-state index contributed by atoms with van der Waals surface area (Å²) in [4.78, 5) is 56.7. The molecule has 0 atom stereocenters. The van der Waals surface area contributed by atoms with Crippen molar-refractivity contribution in [2.45, 2.75) is 13.0 Å². The van der Waals surface area contributed by atoms with E-state index in [1.807, 2.05) is 60.7 Å². The zero-order valence-corrected chi connectivity index (χ0v) is 24.2. The molecule has 0 radical (unpaired) electrons. The van der Waals surface area contributed by atoms with Crippen molar-refractivity contribution >= 4 is 46.7 Å². The van der Waals surface area contributed by atoms with Gasteiger partial charge in [-0.2, -0.15) is 4.99 Å². The number of allylic oxidation sites excluding steroid dienone is 4. The van der Waals surface area contributed by atoms with Crippen molar-refractivity contribution in [3.8, 4) is 0 Å². The van der Waals surface area contributed by atoms with Crippen molar-refractivity contribution in [2.75, 3.05) is 5.75 Å². The number of nitrogens with zero attached hydrogens (tertiary/aromatic N) is 2. The van der Waals surface area contributed by atoms with Crippen molar-refractivity contribution in [1.29, 1.82) is 0 Å². The van der Waals surface area contributed by atoms with Crippen LogP contribution in [0, 0.1) is 0 Å². The molecule has 1 heterocycles. The number of aromatic carboxylic acids is 1. The van der Waals surface area contributed by atoms with Crippen LogP contribution in [0.25, 0.3) is 6.08 Å². The second kappa shape index (κ2) is 14.6. The van der Waals surface area contributed by atoms with E-state index in [4.69, 9.17) is 5.11 Å². The summed E-state index contributed by atoms with van der Waals surface area (Å²) < 4.78 is 0. The molecule has 1 aliphatic rings. The quantitative estimate of drug-likeness (QED) is 0.176. The van der Waals surface area contributed by atoms with Gasteiger partial charge in [0.15, 0.2) is 5.17 Å². The van der Waals surface area contributed by atoms with Crippen LogP contribution in [0.2, 0.25) is 0 Å². The fourth-order valence-electron chi connectivity index (χ4n) is 4.28. The Morgan fingerprint density at radius 3 is 2.12 bits per heavy atom. The van der Waals surface area contributed by atoms with Gasteiger partial charge in [0.1, 0.15) is 5.57 Å². The van der Waals surface area contributed by atoms with Gasteiger partial charge in [0.05, 0.1) is 17.4 Å². The number of hydrogen-bond acceptors (Lipinski definition) is 5. The molecule has 3 amide bonds. The minimum atomic E-state index is -1.09. The van der Waals surface area contributed by atoms with E-state index in [1.54, 1.807) is 31.2 Å². The summed E-state index contributed by atoms with van der Waals surface area (Å²) in [5.74, 6) is -2.89. The normalized spacial score (nSPS) is 14.7. The summed E-state index contributed by atoms with van der Waals surface area (Å²) in [6.07, 6.45) is 7.90. The first kappa shape index (κ1) is 30.7. The number of carbonyl (C=O) groups is 4. The lowest BCUT2D eigenvalue weighted by atomic mass is 9.99. The molecule has 8 nitrogen and oxygen atoms in total. The lowest BCUT2D eigenvalue weighted by Crippen LogP contribution is -2.42. The van der Waals surface area contributed by atoms with Crippen molar-refractivity contribution < 1.29 is 24.3 Å². The number of nitrogens with one attached hydrogen (secondary N) is 1. The van der Waals surface area contributed by atoms with E-state index in [1.165, 1.54) is 35.2 Å². The third-order valence-corrected chi connectivity index (χ3v) is 7.32. The number of carboxylic acids is 1. The van der Waals surface area contributed by atoms with E-state index >= 15 is 0 Å². The maximum absolute atomic E-state index is 13.7. The summed E-state index contributed by atoms with van der Waals surface area (Å²) in [5, 5.41) is 12.3. The molecule has 0 fully saturated rings. The van der Waals surface area contributed by atoms with Crippen LogP contribution in [0.4, 0.5) is 0 Å². The number of thioether (sulfide) groups is 1. The van der Waals surface area contributed by atoms with Gasteiger partial charge in [-0.3, -0.25) is 19.3 Å². The molecule has 1 aliphatic heterocycles. The molecular weight excluding hydrogens is 562 g/mol. The Morgan fingerprint density at radius 1 is 0.977 bits per heavy atom. The van der Waals surface area contributed by atoms with Gasteiger partial charge < -0.3 is 10.4 Å².